The van der Waals surface area contributed by atoms with Crippen molar-refractivity contribution in [2.24, 2.45) is 0 Å². The molecule has 0 saturated carbocycles. The number of nitrogens with zero attached hydrogens (tertiary/aromatic N) is 4. The van der Waals surface area contributed by atoms with Gasteiger partial charge in [0, 0.05) is 35.3 Å². The molecular weight excluding hydrogens is 457 g/mol. The summed E-state index contributed by atoms with van der Waals surface area (Å²) in [5.74, 6) is 1.23. The lowest BCUT2D eigenvalue weighted by Gasteiger charge is -2.12. The zero-order valence-electron chi connectivity index (χ0n) is 16.4. The highest BCUT2D eigenvalue weighted by Gasteiger charge is 2.12. The molecule has 158 valence electrons. The van der Waals surface area contributed by atoms with Gasteiger partial charge in [-0.05, 0) is 35.9 Å². The molecule has 0 spiro atoms. The van der Waals surface area contributed by atoms with Gasteiger partial charge in [-0.3, -0.25) is 4.98 Å². The highest BCUT2D eigenvalue weighted by atomic mass is 35.5. The fraction of sp³-hybridized carbons (Fsp3) is 0.0909. The first-order valence-electron chi connectivity index (χ1n) is 8.84. The second kappa shape index (κ2) is 10.8. The first-order chi connectivity index (χ1) is 14.2. The zero-order chi connectivity index (χ0) is 20.2. The van der Waals surface area contributed by atoms with E-state index in [1.54, 1.807) is 25.6 Å². The minimum atomic E-state index is 0. The van der Waals surface area contributed by atoms with Gasteiger partial charge in [-0.1, -0.05) is 29.8 Å². The van der Waals surface area contributed by atoms with Gasteiger partial charge in [-0.15, -0.1) is 35.0 Å². The Morgan fingerprint density at radius 1 is 1.06 bits per heavy atom. The number of hydrogen-bond acceptors (Lipinski definition) is 5. The number of aromatic nitrogens is 3. The molecule has 9 heteroatoms. The summed E-state index contributed by atoms with van der Waals surface area (Å²) in [6.45, 7) is 7.84. The topological polar surface area (TPSA) is 64.3 Å². The normalized spacial score (nSPS) is 9.84. The maximum absolute atomic E-state index is 7.34. The van der Waals surface area contributed by atoms with Crippen molar-refractivity contribution in [3.05, 3.63) is 82.9 Å². The molecule has 0 aliphatic carbocycles. The van der Waals surface area contributed by atoms with Gasteiger partial charge in [0.15, 0.2) is 11.5 Å². The number of benzene rings is 2. The molecule has 6 nitrogen and oxygen atoms in total. The van der Waals surface area contributed by atoms with E-state index in [9.17, 15) is 0 Å². The van der Waals surface area contributed by atoms with Gasteiger partial charge in [0.05, 0.1) is 18.7 Å². The van der Waals surface area contributed by atoms with Crippen molar-refractivity contribution in [3.63, 3.8) is 0 Å². The predicted octanol–water partition coefficient (Wildman–Crippen LogP) is 6.36. The van der Waals surface area contributed by atoms with Crippen LogP contribution in [0.3, 0.4) is 0 Å². The Morgan fingerprint density at radius 2 is 1.90 bits per heavy atom. The number of fused-ring (bicyclic) bond motifs is 1. The Bertz CT molecular complexity index is 1230. The molecule has 1 N–H and O–H groups in total. The lowest BCUT2D eigenvalue weighted by molar-refractivity contribution is 0.415. The van der Waals surface area contributed by atoms with Gasteiger partial charge < -0.3 is 10.1 Å². The summed E-state index contributed by atoms with van der Waals surface area (Å²) in [6, 6.07) is 14.9. The largest absolute Gasteiger partial charge is 0.495 e. The lowest BCUT2D eigenvalue weighted by Crippen LogP contribution is -2.04. The molecule has 0 amide bonds. The van der Waals surface area contributed by atoms with E-state index in [0.29, 0.717) is 28.8 Å². The van der Waals surface area contributed by atoms with Crippen molar-refractivity contribution in [1.29, 1.82) is 0 Å². The standard InChI is InChI=1S/C22H16ClN5O.2ClH/c1-24-16-6-7-17-18(11-16)22(28-27-21(17)15-4-3-9-25-13-15)26-12-14-5-8-20(29-2)19(23)10-14;;/h3-11,13H,12H2,2H3,(H,26,28);2*1H. The predicted molar refractivity (Wildman–Crippen MR) is 129 cm³/mol. The van der Waals surface area contributed by atoms with Crippen molar-refractivity contribution in [1.82, 2.24) is 15.2 Å². The molecule has 0 saturated heterocycles. The van der Waals surface area contributed by atoms with Crippen LogP contribution in [-0.4, -0.2) is 22.3 Å². The smallest absolute Gasteiger partial charge is 0.188 e. The molecular formula is C22H18Cl3N5O. The lowest BCUT2D eigenvalue weighted by atomic mass is 10.1. The molecule has 4 rings (SSSR count). The van der Waals surface area contributed by atoms with Crippen LogP contribution >= 0.6 is 36.4 Å². The van der Waals surface area contributed by atoms with E-state index in [1.807, 2.05) is 42.5 Å². The van der Waals surface area contributed by atoms with Crippen LogP contribution in [0, 0.1) is 6.57 Å². The number of hydrogen-bond donors (Lipinski definition) is 1. The molecule has 0 aliphatic heterocycles. The third-order valence-electron chi connectivity index (χ3n) is 4.50. The number of anilines is 1. The molecule has 31 heavy (non-hydrogen) atoms. The van der Waals surface area contributed by atoms with Gasteiger partial charge in [-0.2, -0.15) is 0 Å². The van der Waals surface area contributed by atoms with Crippen LogP contribution in [0.4, 0.5) is 11.5 Å². The Balaban J connectivity index is 0.00000171. The number of ether oxygens (including phenoxy) is 1. The van der Waals surface area contributed by atoms with Crippen LogP contribution in [0.1, 0.15) is 5.56 Å². The Labute approximate surface area is 197 Å². The fourth-order valence-corrected chi connectivity index (χ4v) is 3.34. The number of rotatable bonds is 5. The van der Waals surface area contributed by atoms with Crippen molar-refractivity contribution in [2.45, 2.75) is 6.54 Å². The molecule has 0 atom stereocenters. The van der Waals surface area contributed by atoms with Crippen LogP contribution in [-0.2, 0) is 6.54 Å². The van der Waals surface area contributed by atoms with E-state index in [0.717, 1.165) is 27.6 Å². The highest BCUT2D eigenvalue weighted by molar-refractivity contribution is 6.32. The van der Waals surface area contributed by atoms with Crippen LogP contribution in [0.15, 0.2) is 60.9 Å². The second-order valence-corrected chi connectivity index (χ2v) is 6.71. The summed E-state index contributed by atoms with van der Waals surface area (Å²) in [5.41, 5.74) is 3.11. The van der Waals surface area contributed by atoms with Crippen LogP contribution in [0.2, 0.25) is 5.02 Å². The summed E-state index contributed by atoms with van der Waals surface area (Å²) < 4.78 is 5.19. The molecule has 2 aromatic carbocycles. The molecule has 0 aliphatic rings. The van der Waals surface area contributed by atoms with E-state index in [1.165, 1.54) is 0 Å². The maximum atomic E-state index is 7.34. The van der Waals surface area contributed by atoms with Gasteiger partial charge >= 0.3 is 0 Å². The number of methoxy groups -OCH3 is 1. The molecule has 0 unspecified atom stereocenters. The molecule has 0 fully saturated rings. The molecule has 2 aromatic heterocycles. The van der Waals surface area contributed by atoms with Crippen molar-refractivity contribution in [3.8, 4) is 17.0 Å². The minimum absolute atomic E-state index is 0. The first kappa shape index (κ1) is 24.2. The van der Waals surface area contributed by atoms with E-state index in [4.69, 9.17) is 22.9 Å². The number of halogens is 3. The molecule has 4 aromatic rings. The van der Waals surface area contributed by atoms with E-state index >= 15 is 0 Å². The SMILES string of the molecule is Cl.Cl.[C-]#[N+]c1ccc2c(-c3cccnc3)nnc(NCc3ccc(OC)c(Cl)c3)c2c1. The van der Waals surface area contributed by atoms with E-state index in [-0.39, 0.29) is 24.8 Å². The third kappa shape index (κ3) is 5.15. The number of pyridine rings is 1. The minimum Gasteiger partial charge on any atom is -0.495 e. The summed E-state index contributed by atoms with van der Waals surface area (Å²) in [7, 11) is 1.58. The fourth-order valence-electron chi connectivity index (χ4n) is 3.06. The zero-order valence-corrected chi connectivity index (χ0v) is 18.8. The van der Waals surface area contributed by atoms with Crippen molar-refractivity contribution >= 4 is 58.7 Å². The average Bonchev–Trinajstić information content (AvgIpc) is 2.77. The van der Waals surface area contributed by atoms with Gasteiger partial charge in [-0.25, -0.2) is 4.85 Å². The van der Waals surface area contributed by atoms with Gasteiger partial charge in [0.1, 0.15) is 11.4 Å². The Hall–Kier alpha value is -3.11. The summed E-state index contributed by atoms with van der Waals surface area (Å²) in [6.07, 6.45) is 3.46. The summed E-state index contributed by atoms with van der Waals surface area (Å²) >= 11 is 6.21. The van der Waals surface area contributed by atoms with Crippen LogP contribution in [0.5, 0.6) is 5.75 Å². The van der Waals surface area contributed by atoms with E-state index < -0.39 is 0 Å². The first-order valence-corrected chi connectivity index (χ1v) is 9.22. The molecule has 0 bridgehead atoms. The Kier molecular flexibility index (Phi) is 8.40. The quantitative estimate of drug-likeness (QED) is 0.341. The summed E-state index contributed by atoms with van der Waals surface area (Å²) in [5, 5.41) is 14.4. The average molecular weight is 475 g/mol. The monoisotopic (exact) mass is 473 g/mol. The summed E-state index contributed by atoms with van der Waals surface area (Å²) in [4.78, 5) is 7.71. The van der Waals surface area contributed by atoms with Crippen LogP contribution in [0.25, 0.3) is 26.9 Å². The van der Waals surface area contributed by atoms with Crippen molar-refractivity contribution in [2.75, 3.05) is 12.4 Å². The Morgan fingerprint density at radius 3 is 2.58 bits per heavy atom. The van der Waals surface area contributed by atoms with Gasteiger partial charge in [0.2, 0.25) is 0 Å². The maximum Gasteiger partial charge on any atom is 0.188 e. The molecule has 2 heterocycles. The van der Waals surface area contributed by atoms with Crippen LogP contribution < -0.4 is 10.1 Å². The van der Waals surface area contributed by atoms with E-state index in [2.05, 4.69) is 25.3 Å². The third-order valence-corrected chi connectivity index (χ3v) is 4.80. The second-order valence-electron chi connectivity index (χ2n) is 6.30. The highest BCUT2D eigenvalue weighted by Crippen LogP contribution is 2.33. The van der Waals surface area contributed by atoms with Gasteiger partial charge in [0.25, 0.3) is 0 Å². The van der Waals surface area contributed by atoms with Crippen molar-refractivity contribution < 1.29 is 4.74 Å². The molecule has 0 radical (unpaired) electrons. The number of nitrogens with one attached hydrogen (secondary N) is 1.